The fourth-order valence-electron chi connectivity index (χ4n) is 4.04. The van der Waals surface area contributed by atoms with E-state index in [9.17, 15) is 13.2 Å². The van der Waals surface area contributed by atoms with Crippen molar-refractivity contribution in [2.45, 2.75) is 12.5 Å². The van der Waals surface area contributed by atoms with Gasteiger partial charge in [-0.3, -0.25) is 9.79 Å². The number of anilines is 1. The van der Waals surface area contributed by atoms with E-state index in [4.69, 9.17) is 16.6 Å². The summed E-state index contributed by atoms with van der Waals surface area (Å²) in [5.74, 6) is -0.677. The van der Waals surface area contributed by atoms with Crippen molar-refractivity contribution in [1.29, 1.82) is 0 Å². The third-order valence-corrected chi connectivity index (χ3v) is 6.65. The second kappa shape index (κ2) is 10.7. The lowest BCUT2D eigenvalue weighted by molar-refractivity contribution is -0.115. The van der Waals surface area contributed by atoms with E-state index in [1.165, 1.54) is 0 Å². The Bertz CT molecular complexity index is 1340. The highest BCUT2D eigenvalue weighted by Crippen LogP contribution is 2.37. The highest BCUT2D eigenvalue weighted by molar-refractivity contribution is 7.88. The van der Waals surface area contributed by atoms with Crippen molar-refractivity contribution in [3.05, 3.63) is 94.5 Å². The molecule has 9 heteroatoms. The summed E-state index contributed by atoms with van der Waals surface area (Å²) in [6, 6.07) is 22.9. The monoisotopic (exact) mass is 510 g/mol. The Labute approximate surface area is 210 Å². The summed E-state index contributed by atoms with van der Waals surface area (Å²) in [5, 5.41) is 3.49. The van der Waals surface area contributed by atoms with Crippen LogP contribution in [0, 0.1) is 0 Å². The minimum absolute atomic E-state index is 0.134. The average Bonchev–Trinajstić information content (AvgIpc) is 3.12. The number of amides is 1. The summed E-state index contributed by atoms with van der Waals surface area (Å²) < 4.78 is 24.9. The molecular formula is C26H27ClN4O3S. The SMILES string of the molecule is CN(CCNS(C)(=O)=O)Cc1ccc(N=C(c2ccccc2)C2C(=O)Nc3cc(Cl)ccc32)cc1. The Morgan fingerprint density at radius 2 is 1.80 bits per heavy atom. The molecule has 3 aromatic carbocycles. The van der Waals surface area contributed by atoms with Gasteiger partial charge in [-0.2, -0.15) is 0 Å². The van der Waals surface area contributed by atoms with Gasteiger partial charge in [-0.25, -0.2) is 13.1 Å². The Hall–Kier alpha value is -3.04. The molecule has 0 spiro atoms. The third kappa shape index (κ3) is 6.55. The number of aliphatic imine (C=N–C) groups is 1. The van der Waals surface area contributed by atoms with Crippen molar-refractivity contribution in [2.75, 3.05) is 31.7 Å². The highest BCUT2D eigenvalue weighted by Gasteiger charge is 2.35. The summed E-state index contributed by atoms with van der Waals surface area (Å²) in [5.41, 5.74) is 4.91. The van der Waals surface area contributed by atoms with Crippen molar-refractivity contribution in [1.82, 2.24) is 9.62 Å². The molecule has 0 aliphatic carbocycles. The molecule has 35 heavy (non-hydrogen) atoms. The molecule has 2 N–H and O–H groups in total. The van der Waals surface area contributed by atoms with Crippen LogP contribution in [-0.2, 0) is 21.4 Å². The molecule has 0 aromatic heterocycles. The number of hydrogen-bond acceptors (Lipinski definition) is 5. The first-order valence-corrected chi connectivity index (χ1v) is 13.4. The summed E-state index contributed by atoms with van der Waals surface area (Å²) in [6.45, 7) is 1.61. The molecule has 4 rings (SSSR count). The molecule has 1 amide bonds. The lowest BCUT2D eigenvalue weighted by Crippen LogP contribution is -2.32. The Morgan fingerprint density at radius 1 is 1.09 bits per heavy atom. The number of carbonyl (C=O) groups excluding carboxylic acids is 1. The number of sulfonamides is 1. The maximum atomic E-state index is 13.0. The molecule has 1 unspecified atom stereocenters. The van der Waals surface area contributed by atoms with Gasteiger partial charge in [-0.15, -0.1) is 0 Å². The molecule has 1 aliphatic rings. The molecule has 0 bridgehead atoms. The maximum absolute atomic E-state index is 13.0. The van der Waals surface area contributed by atoms with Crippen LogP contribution in [0.3, 0.4) is 0 Å². The number of fused-ring (bicyclic) bond motifs is 1. The lowest BCUT2D eigenvalue weighted by Gasteiger charge is -2.17. The minimum Gasteiger partial charge on any atom is -0.325 e. The van der Waals surface area contributed by atoms with Crippen LogP contribution in [0.15, 0.2) is 77.8 Å². The second-order valence-corrected chi connectivity index (χ2v) is 10.9. The van der Waals surface area contributed by atoms with Gasteiger partial charge >= 0.3 is 0 Å². The van der Waals surface area contributed by atoms with Crippen LogP contribution in [0.4, 0.5) is 11.4 Å². The smallest absolute Gasteiger partial charge is 0.238 e. The van der Waals surface area contributed by atoms with Crippen LogP contribution in [0.5, 0.6) is 0 Å². The Balaban J connectivity index is 1.57. The zero-order valence-electron chi connectivity index (χ0n) is 19.5. The topological polar surface area (TPSA) is 90.9 Å². The number of likely N-dealkylation sites (N-methyl/N-ethyl adjacent to an activating group) is 1. The number of nitrogens with one attached hydrogen (secondary N) is 2. The van der Waals surface area contributed by atoms with Gasteiger partial charge in [0.05, 0.1) is 17.7 Å². The number of hydrogen-bond donors (Lipinski definition) is 2. The van der Waals surface area contributed by atoms with Gasteiger partial charge in [0.2, 0.25) is 15.9 Å². The minimum atomic E-state index is -3.19. The molecule has 3 aromatic rings. The summed E-state index contributed by atoms with van der Waals surface area (Å²) >= 11 is 6.13. The summed E-state index contributed by atoms with van der Waals surface area (Å²) in [6.07, 6.45) is 1.15. The number of rotatable bonds is 9. The van der Waals surface area contributed by atoms with Crippen LogP contribution in [0.1, 0.15) is 22.6 Å². The first-order valence-electron chi connectivity index (χ1n) is 11.2. The van der Waals surface area contributed by atoms with E-state index >= 15 is 0 Å². The molecular weight excluding hydrogens is 484 g/mol. The number of nitrogens with zero attached hydrogens (tertiary/aromatic N) is 2. The standard InChI is InChI=1S/C26H27ClN4O3S/c1-31(15-14-28-35(2,33)34)17-18-8-11-21(12-9-18)29-25(19-6-4-3-5-7-19)24-22-13-10-20(27)16-23(22)30-26(24)32/h3-13,16,24,28H,14-15,17H2,1-2H3,(H,30,32). The fourth-order valence-corrected chi connectivity index (χ4v) is 4.67. The second-order valence-electron chi connectivity index (χ2n) is 8.59. The average molecular weight is 511 g/mol. The van der Waals surface area contributed by atoms with E-state index in [0.29, 0.717) is 36.1 Å². The first-order chi connectivity index (χ1) is 16.7. The van der Waals surface area contributed by atoms with Gasteiger partial charge < -0.3 is 10.2 Å². The molecule has 1 atom stereocenters. The third-order valence-electron chi connectivity index (χ3n) is 5.69. The Morgan fingerprint density at radius 3 is 2.49 bits per heavy atom. The van der Waals surface area contributed by atoms with E-state index in [2.05, 4.69) is 10.0 Å². The largest absolute Gasteiger partial charge is 0.325 e. The molecule has 0 fully saturated rings. The van der Waals surface area contributed by atoms with Crippen LogP contribution < -0.4 is 10.0 Å². The van der Waals surface area contributed by atoms with Crippen molar-refractivity contribution in [3.8, 4) is 0 Å². The molecule has 0 radical (unpaired) electrons. The van der Waals surface area contributed by atoms with Crippen LogP contribution in [-0.4, -0.2) is 51.3 Å². The van der Waals surface area contributed by atoms with E-state index in [1.54, 1.807) is 12.1 Å². The van der Waals surface area contributed by atoms with Crippen molar-refractivity contribution in [3.63, 3.8) is 0 Å². The summed E-state index contributed by atoms with van der Waals surface area (Å²) in [7, 11) is -1.25. The molecule has 182 valence electrons. The van der Waals surface area contributed by atoms with Crippen LogP contribution >= 0.6 is 11.6 Å². The number of benzene rings is 3. The highest BCUT2D eigenvalue weighted by atomic mass is 35.5. The molecule has 7 nitrogen and oxygen atoms in total. The van der Waals surface area contributed by atoms with Gasteiger partial charge in [0.15, 0.2) is 0 Å². The van der Waals surface area contributed by atoms with Crippen molar-refractivity contribution >= 4 is 44.6 Å². The predicted octanol–water partition coefficient (Wildman–Crippen LogP) is 4.18. The molecule has 1 aliphatic heterocycles. The molecule has 0 saturated heterocycles. The lowest BCUT2D eigenvalue weighted by atomic mass is 9.90. The number of carbonyl (C=O) groups is 1. The molecule has 0 saturated carbocycles. The van der Waals surface area contributed by atoms with E-state index in [0.717, 1.165) is 28.6 Å². The zero-order valence-corrected chi connectivity index (χ0v) is 21.1. The Kier molecular flexibility index (Phi) is 7.66. The van der Waals surface area contributed by atoms with E-state index in [1.807, 2.05) is 72.6 Å². The van der Waals surface area contributed by atoms with Crippen molar-refractivity contribution in [2.24, 2.45) is 4.99 Å². The maximum Gasteiger partial charge on any atom is 0.238 e. The predicted molar refractivity (Wildman–Crippen MR) is 141 cm³/mol. The number of halogens is 1. The summed E-state index contributed by atoms with van der Waals surface area (Å²) in [4.78, 5) is 19.9. The van der Waals surface area contributed by atoms with Gasteiger partial charge in [-0.05, 0) is 48.0 Å². The van der Waals surface area contributed by atoms with E-state index < -0.39 is 15.9 Å². The van der Waals surface area contributed by atoms with Gasteiger partial charge in [-0.1, -0.05) is 60.1 Å². The zero-order chi connectivity index (χ0) is 25.0. The normalized spacial score (nSPS) is 15.8. The van der Waals surface area contributed by atoms with Gasteiger partial charge in [0.1, 0.15) is 5.92 Å². The van der Waals surface area contributed by atoms with Crippen LogP contribution in [0.25, 0.3) is 0 Å². The van der Waals surface area contributed by atoms with E-state index in [-0.39, 0.29) is 5.91 Å². The van der Waals surface area contributed by atoms with Crippen molar-refractivity contribution < 1.29 is 13.2 Å². The first kappa shape index (κ1) is 25.1. The van der Waals surface area contributed by atoms with Gasteiger partial charge in [0.25, 0.3) is 0 Å². The molecule has 1 heterocycles. The fraction of sp³-hybridized carbons (Fsp3) is 0.231. The van der Waals surface area contributed by atoms with Gasteiger partial charge in [0, 0.05) is 30.3 Å². The van der Waals surface area contributed by atoms with Crippen LogP contribution in [0.2, 0.25) is 5.02 Å². The quantitative estimate of drug-likeness (QED) is 0.422.